The van der Waals surface area contributed by atoms with E-state index in [2.05, 4.69) is 31.9 Å². The highest BCUT2D eigenvalue weighted by Crippen LogP contribution is 2.17. The van der Waals surface area contributed by atoms with E-state index in [0.29, 0.717) is 16.0 Å². The minimum Gasteiger partial charge on any atom is -0.444 e. The summed E-state index contributed by atoms with van der Waals surface area (Å²) in [6.07, 6.45) is 0. The molecule has 20 heavy (non-hydrogen) atoms. The highest BCUT2D eigenvalue weighted by Gasteiger charge is 2.10. The van der Waals surface area contributed by atoms with Crippen molar-refractivity contribution in [1.82, 2.24) is 5.32 Å². The lowest BCUT2D eigenvalue weighted by molar-refractivity contribution is 0.0995. The summed E-state index contributed by atoms with van der Waals surface area (Å²) in [6.45, 7) is 0. The van der Waals surface area contributed by atoms with Crippen LogP contribution < -0.4 is 16.0 Å². The monoisotopic (exact) mass is 337 g/mol. The van der Waals surface area contributed by atoms with Crippen molar-refractivity contribution in [3.05, 3.63) is 46.8 Å². The fraction of sp³-hybridized carbons (Fsp3) is 0.0769. The van der Waals surface area contributed by atoms with Gasteiger partial charge >= 0.3 is 6.03 Å². The molecule has 0 unspecified atom stereocenters. The van der Waals surface area contributed by atoms with Gasteiger partial charge in [0, 0.05) is 18.4 Å². The second-order valence-corrected chi connectivity index (χ2v) is 4.62. The molecule has 0 spiro atoms. The molecule has 0 fully saturated rings. The molecule has 1 aromatic carbocycles. The fourth-order valence-electron chi connectivity index (χ4n) is 1.46. The van der Waals surface area contributed by atoms with Crippen molar-refractivity contribution in [1.29, 1.82) is 0 Å². The summed E-state index contributed by atoms with van der Waals surface area (Å²) in [5.41, 5.74) is 1.23. The van der Waals surface area contributed by atoms with Gasteiger partial charge in [-0.3, -0.25) is 4.79 Å². The molecule has 0 aliphatic carbocycles. The van der Waals surface area contributed by atoms with Gasteiger partial charge in [-0.25, -0.2) is 4.79 Å². The van der Waals surface area contributed by atoms with Crippen LogP contribution in [-0.2, 0) is 0 Å². The largest absolute Gasteiger partial charge is 0.444 e. The van der Waals surface area contributed by atoms with Gasteiger partial charge in [0.2, 0.25) is 0 Å². The molecule has 3 N–H and O–H groups in total. The molecule has 3 amide bonds. The third-order valence-corrected chi connectivity index (χ3v) is 2.85. The van der Waals surface area contributed by atoms with E-state index in [4.69, 9.17) is 4.42 Å². The van der Waals surface area contributed by atoms with Gasteiger partial charge in [0.05, 0.1) is 0 Å². The normalized spacial score (nSPS) is 9.90. The molecule has 104 valence electrons. The number of hydrogen-bond acceptors (Lipinski definition) is 3. The minimum atomic E-state index is -0.345. The number of amides is 3. The Balaban J connectivity index is 2.00. The first kappa shape index (κ1) is 14.1. The molecule has 0 radical (unpaired) electrons. The number of halogens is 1. The van der Waals surface area contributed by atoms with Crippen molar-refractivity contribution in [3.8, 4) is 0 Å². The summed E-state index contributed by atoms with van der Waals surface area (Å²) < 4.78 is 5.64. The molecule has 0 aliphatic rings. The van der Waals surface area contributed by atoms with Crippen molar-refractivity contribution in [3.63, 3.8) is 0 Å². The van der Waals surface area contributed by atoms with Crippen LogP contribution in [0.3, 0.4) is 0 Å². The molecule has 7 heteroatoms. The molecule has 1 aromatic heterocycles. The van der Waals surface area contributed by atoms with Gasteiger partial charge in [0.25, 0.3) is 5.91 Å². The number of carbonyl (C=O) groups excluding carboxylic acids is 2. The van der Waals surface area contributed by atoms with E-state index in [1.807, 2.05) is 0 Å². The third-order valence-electron chi connectivity index (χ3n) is 2.42. The van der Waals surface area contributed by atoms with Crippen LogP contribution in [0.4, 0.5) is 16.2 Å². The summed E-state index contributed by atoms with van der Waals surface area (Å²) in [6, 6.07) is 9.64. The second-order valence-electron chi connectivity index (χ2n) is 3.84. The molecule has 0 saturated heterocycles. The van der Waals surface area contributed by atoms with Crippen LogP contribution in [0, 0.1) is 0 Å². The first-order valence-electron chi connectivity index (χ1n) is 5.74. The van der Waals surface area contributed by atoms with E-state index in [1.165, 1.54) is 7.05 Å². The lowest BCUT2D eigenvalue weighted by atomic mass is 10.2. The maximum Gasteiger partial charge on any atom is 0.318 e. The molecule has 0 saturated carbocycles. The average Bonchev–Trinajstić information content (AvgIpc) is 2.87. The zero-order chi connectivity index (χ0) is 14.5. The molecule has 0 aliphatic heterocycles. The van der Waals surface area contributed by atoms with Crippen molar-refractivity contribution >= 4 is 39.2 Å². The fourth-order valence-corrected chi connectivity index (χ4v) is 1.77. The molecule has 2 rings (SSSR count). The summed E-state index contributed by atoms with van der Waals surface area (Å²) in [7, 11) is 1.53. The van der Waals surface area contributed by atoms with E-state index in [0.717, 1.165) is 0 Å². The van der Waals surface area contributed by atoms with Crippen LogP contribution in [0.25, 0.3) is 0 Å². The lowest BCUT2D eigenvalue weighted by Crippen LogP contribution is -2.24. The van der Waals surface area contributed by atoms with E-state index >= 15 is 0 Å². The summed E-state index contributed by atoms with van der Waals surface area (Å²) >= 11 is 3.13. The Labute approximate surface area is 123 Å². The molecule has 1 heterocycles. The summed E-state index contributed by atoms with van der Waals surface area (Å²) in [4.78, 5) is 23.0. The molecule has 0 bridgehead atoms. The van der Waals surface area contributed by atoms with Gasteiger partial charge in [-0.05, 0) is 52.3 Å². The number of rotatable bonds is 3. The Kier molecular flexibility index (Phi) is 4.41. The number of urea groups is 1. The molecule has 2 aromatic rings. The first-order chi connectivity index (χ1) is 9.58. The van der Waals surface area contributed by atoms with Gasteiger partial charge in [0.1, 0.15) is 0 Å². The second kappa shape index (κ2) is 6.25. The van der Waals surface area contributed by atoms with Crippen LogP contribution in [0.2, 0.25) is 0 Å². The van der Waals surface area contributed by atoms with E-state index < -0.39 is 0 Å². The molecular weight excluding hydrogens is 326 g/mol. The van der Waals surface area contributed by atoms with Crippen molar-refractivity contribution in [2.24, 2.45) is 0 Å². The number of hydrogen-bond donors (Lipinski definition) is 3. The number of anilines is 2. The number of furan rings is 1. The van der Waals surface area contributed by atoms with Crippen LogP contribution in [-0.4, -0.2) is 19.0 Å². The van der Waals surface area contributed by atoms with Crippen LogP contribution in [0.1, 0.15) is 10.6 Å². The van der Waals surface area contributed by atoms with Crippen LogP contribution >= 0.6 is 15.9 Å². The van der Waals surface area contributed by atoms with Gasteiger partial charge in [-0.15, -0.1) is 0 Å². The lowest BCUT2D eigenvalue weighted by Gasteiger charge is -2.06. The highest BCUT2D eigenvalue weighted by molar-refractivity contribution is 9.10. The third kappa shape index (κ3) is 3.61. The Bertz CT molecular complexity index is 622. The topological polar surface area (TPSA) is 83.4 Å². The maximum absolute atomic E-state index is 11.8. The standard InChI is InChI=1S/C13H12BrN3O3/c1-15-13(19)17-9-4-2-8(3-5-9)16-12(18)10-6-7-11(14)20-10/h2-7H,1H3,(H,16,18)(H2,15,17,19). The van der Waals surface area contributed by atoms with Gasteiger partial charge in [-0.2, -0.15) is 0 Å². The number of carbonyl (C=O) groups is 2. The quantitative estimate of drug-likeness (QED) is 0.804. The van der Waals surface area contributed by atoms with Gasteiger partial charge in [0.15, 0.2) is 10.4 Å². The first-order valence-corrected chi connectivity index (χ1v) is 6.53. The van der Waals surface area contributed by atoms with E-state index in [9.17, 15) is 9.59 Å². The van der Waals surface area contributed by atoms with Crippen LogP contribution in [0.5, 0.6) is 0 Å². The van der Waals surface area contributed by atoms with Crippen molar-refractivity contribution < 1.29 is 14.0 Å². The van der Waals surface area contributed by atoms with Gasteiger partial charge in [-0.1, -0.05) is 0 Å². The molecule has 6 nitrogen and oxygen atoms in total. The zero-order valence-electron chi connectivity index (χ0n) is 10.6. The Hall–Kier alpha value is -2.28. The van der Waals surface area contributed by atoms with E-state index in [1.54, 1.807) is 36.4 Å². The minimum absolute atomic E-state index is 0.212. The molecule has 0 atom stereocenters. The smallest absolute Gasteiger partial charge is 0.318 e. The Morgan fingerprint density at radius 3 is 2.10 bits per heavy atom. The van der Waals surface area contributed by atoms with Gasteiger partial charge < -0.3 is 20.4 Å². The highest BCUT2D eigenvalue weighted by atomic mass is 79.9. The number of nitrogens with one attached hydrogen (secondary N) is 3. The SMILES string of the molecule is CNC(=O)Nc1ccc(NC(=O)c2ccc(Br)o2)cc1. The summed E-state index contributed by atoms with van der Waals surface area (Å²) in [5.74, 6) is -0.132. The van der Waals surface area contributed by atoms with Crippen molar-refractivity contribution in [2.75, 3.05) is 17.7 Å². The predicted molar refractivity (Wildman–Crippen MR) is 78.9 cm³/mol. The maximum atomic E-state index is 11.8. The Morgan fingerprint density at radius 1 is 1.00 bits per heavy atom. The van der Waals surface area contributed by atoms with E-state index in [-0.39, 0.29) is 17.7 Å². The average molecular weight is 338 g/mol. The molecular formula is C13H12BrN3O3. The zero-order valence-corrected chi connectivity index (χ0v) is 12.2. The predicted octanol–water partition coefficient (Wildman–Crippen LogP) is 3.05. The summed E-state index contributed by atoms with van der Waals surface area (Å²) in [5, 5.41) is 7.75. The number of benzene rings is 1. The van der Waals surface area contributed by atoms with Crippen molar-refractivity contribution in [2.45, 2.75) is 0 Å². The Morgan fingerprint density at radius 2 is 1.60 bits per heavy atom. The van der Waals surface area contributed by atoms with Crippen LogP contribution in [0.15, 0.2) is 45.5 Å².